The van der Waals surface area contributed by atoms with Crippen molar-refractivity contribution in [3.63, 3.8) is 0 Å². The Morgan fingerprint density at radius 2 is 1.22 bits per heavy atom. The molecule has 0 spiro atoms. The Bertz CT molecular complexity index is 995. The summed E-state index contributed by atoms with van der Waals surface area (Å²) in [5.41, 5.74) is 6.55. The topological polar surface area (TPSA) is 159 Å². The van der Waals surface area contributed by atoms with Gasteiger partial charge in [-0.1, -0.05) is 54.0 Å². The summed E-state index contributed by atoms with van der Waals surface area (Å²) in [5, 5.41) is 0. The van der Waals surface area contributed by atoms with E-state index in [-0.39, 0.29) is 55.5 Å². The maximum Gasteiger partial charge on any atom is 0.513 e. The lowest BCUT2D eigenvalue weighted by Gasteiger charge is -2.22. The molecule has 0 heterocycles. The van der Waals surface area contributed by atoms with Gasteiger partial charge in [-0.15, -0.1) is 0 Å². The van der Waals surface area contributed by atoms with Crippen LogP contribution < -0.4 is 15.2 Å². The Morgan fingerprint density at radius 1 is 0.707 bits per heavy atom. The molecule has 12 heteroatoms. The van der Waals surface area contributed by atoms with Gasteiger partial charge in [-0.25, -0.2) is 14.4 Å². The normalized spacial score (nSPS) is 13.9. The summed E-state index contributed by atoms with van der Waals surface area (Å²) in [5.74, 6) is -0.580. The predicted octanol–water partition coefficient (Wildman–Crippen LogP) is 5.42. The highest BCUT2D eigenvalue weighted by Crippen LogP contribution is 2.30. The highest BCUT2D eigenvalue weighted by molar-refractivity contribution is 5.76. The van der Waals surface area contributed by atoms with Crippen molar-refractivity contribution in [2.75, 3.05) is 19.8 Å². The molecule has 0 saturated carbocycles. The molecule has 1 aromatic carbocycles. The molecule has 0 aliphatic heterocycles. The first-order valence-corrected chi connectivity index (χ1v) is 13.8. The second kappa shape index (κ2) is 18.0. The van der Waals surface area contributed by atoms with Crippen LogP contribution in [0.1, 0.15) is 67.4 Å². The first-order chi connectivity index (χ1) is 19.2. The first-order valence-electron chi connectivity index (χ1n) is 13.8. The lowest BCUT2D eigenvalue weighted by molar-refractivity contribution is -0.155. The van der Waals surface area contributed by atoms with Crippen molar-refractivity contribution >= 4 is 24.4 Å². The molecule has 1 unspecified atom stereocenters. The van der Waals surface area contributed by atoms with Crippen LogP contribution in [0.25, 0.3) is 0 Å². The number of benzene rings is 1. The molecule has 0 aliphatic carbocycles. The van der Waals surface area contributed by atoms with Crippen molar-refractivity contribution in [2.24, 2.45) is 23.5 Å². The van der Waals surface area contributed by atoms with Crippen LogP contribution in [0.4, 0.5) is 14.4 Å². The van der Waals surface area contributed by atoms with Crippen LogP contribution in [0, 0.1) is 17.8 Å². The minimum atomic E-state index is -1.11. The Hall–Kier alpha value is -3.54. The van der Waals surface area contributed by atoms with Crippen molar-refractivity contribution in [1.82, 2.24) is 0 Å². The SMILES string of the molecule is CCC(C)COC(=O)O[C@@H](C)[C@H](C)OC(=O)[C@@H](N)Cc1ccc(OC(=O)OCC(C)C)c(OC(=O)OCC(C)C)c1. The van der Waals surface area contributed by atoms with Crippen molar-refractivity contribution in [2.45, 2.75) is 86.5 Å². The molecule has 0 radical (unpaired) electrons. The van der Waals surface area contributed by atoms with Crippen molar-refractivity contribution in [1.29, 1.82) is 0 Å². The van der Waals surface area contributed by atoms with Gasteiger partial charge in [-0.05, 0) is 55.7 Å². The summed E-state index contributed by atoms with van der Waals surface area (Å²) in [6.07, 6.45) is -3.55. The van der Waals surface area contributed by atoms with Gasteiger partial charge in [0.25, 0.3) is 0 Å². The molecule has 232 valence electrons. The van der Waals surface area contributed by atoms with Crippen molar-refractivity contribution in [3.05, 3.63) is 23.8 Å². The number of carbonyl (C=O) groups is 4. The van der Waals surface area contributed by atoms with Crippen LogP contribution in [0.5, 0.6) is 11.5 Å². The van der Waals surface area contributed by atoms with E-state index in [1.807, 2.05) is 41.5 Å². The summed E-state index contributed by atoms with van der Waals surface area (Å²) >= 11 is 0. The summed E-state index contributed by atoms with van der Waals surface area (Å²) in [6, 6.07) is 3.23. The third-order valence-electron chi connectivity index (χ3n) is 5.65. The number of ether oxygens (including phenoxy) is 7. The molecule has 4 atom stereocenters. The fourth-order valence-electron chi connectivity index (χ4n) is 2.86. The van der Waals surface area contributed by atoms with Crippen LogP contribution in [0.15, 0.2) is 18.2 Å². The minimum absolute atomic E-state index is 0.00673. The monoisotopic (exact) mass is 583 g/mol. The lowest BCUT2D eigenvalue weighted by atomic mass is 10.1. The molecule has 0 aliphatic rings. The maximum absolute atomic E-state index is 12.6. The van der Waals surface area contributed by atoms with Gasteiger partial charge in [0, 0.05) is 0 Å². The van der Waals surface area contributed by atoms with Crippen LogP contribution in [-0.2, 0) is 34.9 Å². The fourth-order valence-corrected chi connectivity index (χ4v) is 2.86. The molecular formula is C29H45NO11. The van der Waals surface area contributed by atoms with Crippen molar-refractivity contribution in [3.8, 4) is 11.5 Å². The standard InChI is InChI=1S/C29H45NO11/c1-9-19(6)16-37-27(32)39-21(8)20(7)38-26(31)23(30)12-22-10-11-24(40-28(33)35-14-17(2)3)25(13-22)41-29(34)36-15-18(4)5/h10-11,13,17-21,23H,9,12,14-16,30H2,1-8H3/t19?,20-,21-,23-/m0/s1. The van der Waals surface area contributed by atoms with Crippen LogP contribution in [0.3, 0.4) is 0 Å². The molecular weight excluding hydrogens is 538 g/mol. The van der Waals surface area contributed by atoms with E-state index in [1.54, 1.807) is 19.9 Å². The van der Waals surface area contributed by atoms with E-state index in [0.29, 0.717) is 5.56 Å². The second-order valence-corrected chi connectivity index (χ2v) is 10.7. The largest absolute Gasteiger partial charge is 0.513 e. The first kappa shape index (κ1) is 35.5. The van der Waals surface area contributed by atoms with Crippen molar-refractivity contribution < 1.29 is 52.3 Å². The highest BCUT2D eigenvalue weighted by atomic mass is 16.7. The zero-order valence-corrected chi connectivity index (χ0v) is 25.3. The van der Waals surface area contributed by atoms with Gasteiger partial charge in [0.2, 0.25) is 0 Å². The minimum Gasteiger partial charge on any atom is -0.458 e. The second-order valence-electron chi connectivity index (χ2n) is 10.7. The maximum atomic E-state index is 12.6. The Morgan fingerprint density at radius 3 is 1.76 bits per heavy atom. The third kappa shape index (κ3) is 14.6. The van der Waals surface area contributed by atoms with Gasteiger partial charge in [-0.2, -0.15) is 0 Å². The molecule has 1 aromatic rings. The van der Waals surface area contributed by atoms with Gasteiger partial charge < -0.3 is 38.9 Å². The molecule has 41 heavy (non-hydrogen) atoms. The van der Waals surface area contributed by atoms with Gasteiger partial charge in [0.1, 0.15) is 18.2 Å². The number of esters is 1. The number of carbonyl (C=O) groups excluding carboxylic acids is 4. The average molecular weight is 584 g/mol. The van der Waals surface area contributed by atoms with Gasteiger partial charge in [0.05, 0.1) is 19.8 Å². The van der Waals surface area contributed by atoms with E-state index in [1.165, 1.54) is 12.1 Å². The van der Waals surface area contributed by atoms with E-state index in [2.05, 4.69) is 0 Å². The highest BCUT2D eigenvalue weighted by Gasteiger charge is 2.26. The Balaban J connectivity index is 2.86. The quantitative estimate of drug-likeness (QED) is 0.159. The lowest BCUT2D eigenvalue weighted by Crippen LogP contribution is -2.39. The number of rotatable bonds is 15. The van der Waals surface area contributed by atoms with E-state index in [0.717, 1.165) is 6.42 Å². The molecule has 0 bridgehead atoms. The third-order valence-corrected chi connectivity index (χ3v) is 5.65. The number of hydrogen-bond acceptors (Lipinski definition) is 12. The molecule has 1 rings (SSSR count). The summed E-state index contributed by atoms with van der Waals surface area (Å²) in [7, 11) is 0. The molecule has 0 saturated heterocycles. The van der Waals surface area contributed by atoms with E-state index in [9.17, 15) is 19.2 Å². The van der Waals surface area contributed by atoms with E-state index < -0.39 is 42.7 Å². The van der Waals surface area contributed by atoms with Crippen LogP contribution in [-0.4, -0.2) is 62.5 Å². The zero-order chi connectivity index (χ0) is 31.1. The van der Waals surface area contributed by atoms with E-state index >= 15 is 0 Å². The molecule has 0 fully saturated rings. The summed E-state index contributed by atoms with van der Waals surface area (Å²) < 4.78 is 36.2. The number of nitrogens with two attached hydrogens (primary N) is 1. The molecule has 2 N–H and O–H groups in total. The summed E-state index contributed by atoms with van der Waals surface area (Å²) in [6.45, 7) is 15.0. The molecule has 12 nitrogen and oxygen atoms in total. The Labute approximate surface area is 242 Å². The average Bonchev–Trinajstić information content (AvgIpc) is 2.90. The smallest absolute Gasteiger partial charge is 0.458 e. The Kier molecular flexibility index (Phi) is 15.6. The van der Waals surface area contributed by atoms with E-state index in [4.69, 9.17) is 38.9 Å². The number of hydrogen-bond donors (Lipinski definition) is 1. The molecule has 0 aromatic heterocycles. The predicted molar refractivity (Wildman–Crippen MR) is 149 cm³/mol. The zero-order valence-electron chi connectivity index (χ0n) is 25.3. The van der Waals surface area contributed by atoms with Crippen LogP contribution in [0.2, 0.25) is 0 Å². The van der Waals surface area contributed by atoms with Gasteiger partial charge >= 0.3 is 24.4 Å². The fraction of sp³-hybridized carbons (Fsp3) is 0.655. The summed E-state index contributed by atoms with van der Waals surface area (Å²) in [4.78, 5) is 48.8. The molecule has 0 amide bonds. The van der Waals surface area contributed by atoms with Gasteiger partial charge in [-0.3, -0.25) is 4.79 Å². The van der Waals surface area contributed by atoms with Crippen LogP contribution >= 0.6 is 0 Å². The van der Waals surface area contributed by atoms with Gasteiger partial charge in [0.15, 0.2) is 11.5 Å².